The van der Waals surface area contributed by atoms with Crippen LogP contribution < -0.4 is 10.6 Å². The molecule has 2 N–H and O–H groups in total. The van der Waals surface area contributed by atoms with Gasteiger partial charge in [-0.2, -0.15) is 0 Å². The van der Waals surface area contributed by atoms with Gasteiger partial charge in [0.05, 0.1) is 10.0 Å². The second-order valence-corrected chi connectivity index (χ2v) is 7.58. The number of likely N-dealkylation sites (tertiary alicyclic amines) is 1. The zero-order valence-electron chi connectivity index (χ0n) is 15.0. The van der Waals surface area contributed by atoms with E-state index < -0.39 is 6.03 Å². The smallest absolute Gasteiger partial charge is 0.323 e. The quantitative estimate of drug-likeness (QED) is 0.706. The van der Waals surface area contributed by atoms with Gasteiger partial charge < -0.3 is 15.5 Å². The van der Waals surface area contributed by atoms with Crippen molar-refractivity contribution in [2.75, 3.05) is 23.7 Å². The third kappa shape index (κ3) is 5.15. The predicted molar refractivity (Wildman–Crippen MR) is 110 cm³/mol. The molecule has 5 nitrogen and oxygen atoms in total. The third-order valence-electron chi connectivity index (χ3n) is 4.62. The van der Waals surface area contributed by atoms with E-state index in [1.54, 1.807) is 42.5 Å². The molecule has 0 radical (unpaired) electrons. The number of nitrogens with zero attached hydrogens (tertiary/aromatic N) is 1. The summed E-state index contributed by atoms with van der Waals surface area (Å²) < 4.78 is 0. The minimum absolute atomic E-state index is 0.00422. The van der Waals surface area contributed by atoms with Gasteiger partial charge in [0.1, 0.15) is 0 Å². The van der Waals surface area contributed by atoms with E-state index in [4.69, 9.17) is 23.2 Å². The molecule has 3 amide bonds. The molecule has 3 rings (SSSR count). The van der Waals surface area contributed by atoms with Crippen LogP contribution in [0.15, 0.2) is 42.5 Å². The maximum atomic E-state index is 12.7. The molecule has 1 heterocycles. The molecule has 0 aliphatic carbocycles. The lowest BCUT2D eigenvalue weighted by molar-refractivity contribution is 0.0697. The minimum atomic E-state index is -0.426. The summed E-state index contributed by atoms with van der Waals surface area (Å²) in [4.78, 5) is 26.7. The van der Waals surface area contributed by atoms with Gasteiger partial charge in [0, 0.05) is 30.0 Å². The Labute approximate surface area is 168 Å². The van der Waals surface area contributed by atoms with Crippen molar-refractivity contribution in [2.45, 2.75) is 19.8 Å². The zero-order chi connectivity index (χ0) is 19.4. The molecule has 1 aliphatic heterocycles. The first-order chi connectivity index (χ1) is 12.9. The number of carbonyl (C=O) groups is 2. The molecule has 142 valence electrons. The Hall–Kier alpha value is -2.24. The molecule has 0 bridgehead atoms. The van der Waals surface area contributed by atoms with Crippen molar-refractivity contribution in [3.8, 4) is 0 Å². The highest BCUT2D eigenvalue weighted by molar-refractivity contribution is 6.42. The molecule has 0 spiro atoms. The summed E-state index contributed by atoms with van der Waals surface area (Å²) in [5, 5.41) is 6.20. The van der Waals surface area contributed by atoms with E-state index in [0.717, 1.165) is 25.9 Å². The second kappa shape index (κ2) is 8.63. The molecule has 0 atom stereocenters. The largest absolute Gasteiger partial charge is 0.339 e. The van der Waals surface area contributed by atoms with Crippen molar-refractivity contribution in [3.05, 3.63) is 58.1 Å². The van der Waals surface area contributed by atoms with Gasteiger partial charge in [-0.25, -0.2) is 4.79 Å². The predicted octanol–water partition coefficient (Wildman–Crippen LogP) is 5.51. The number of hydrogen-bond acceptors (Lipinski definition) is 2. The van der Waals surface area contributed by atoms with E-state index in [0.29, 0.717) is 32.9 Å². The molecule has 1 aliphatic rings. The number of urea groups is 1. The van der Waals surface area contributed by atoms with Crippen LogP contribution in [0.2, 0.25) is 10.0 Å². The number of anilines is 2. The Kier molecular flexibility index (Phi) is 6.24. The molecule has 2 aromatic carbocycles. The first kappa shape index (κ1) is 19.5. The Morgan fingerprint density at radius 2 is 1.63 bits per heavy atom. The summed E-state index contributed by atoms with van der Waals surface area (Å²) >= 11 is 11.8. The van der Waals surface area contributed by atoms with Crippen molar-refractivity contribution < 1.29 is 9.59 Å². The maximum Gasteiger partial charge on any atom is 0.323 e. The summed E-state index contributed by atoms with van der Waals surface area (Å²) in [6, 6.07) is 11.4. The van der Waals surface area contributed by atoms with Gasteiger partial charge in [-0.3, -0.25) is 4.79 Å². The SMILES string of the molecule is CC1CCN(C(=O)c2cccc(NC(=O)Nc3ccc(Cl)c(Cl)c3)c2)CC1. The van der Waals surface area contributed by atoms with Crippen molar-refractivity contribution >= 4 is 46.5 Å². The summed E-state index contributed by atoms with van der Waals surface area (Å²) in [5.74, 6) is 0.655. The van der Waals surface area contributed by atoms with Gasteiger partial charge in [-0.05, 0) is 55.2 Å². The van der Waals surface area contributed by atoms with E-state index >= 15 is 0 Å². The number of carbonyl (C=O) groups excluding carboxylic acids is 2. The number of piperidine rings is 1. The molecular formula is C20H21Cl2N3O2. The van der Waals surface area contributed by atoms with E-state index in [9.17, 15) is 9.59 Å². The lowest BCUT2D eigenvalue weighted by atomic mass is 9.98. The normalized spacial score (nSPS) is 14.7. The average Bonchev–Trinajstić information content (AvgIpc) is 2.65. The number of halogens is 2. The average molecular weight is 406 g/mol. The summed E-state index contributed by atoms with van der Waals surface area (Å²) in [7, 11) is 0. The number of amides is 3. The Bertz CT molecular complexity index is 849. The standard InChI is InChI=1S/C20H21Cl2N3O2/c1-13-7-9-25(10-8-13)19(26)14-3-2-4-15(11-14)23-20(27)24-16-5-6-17(21)18(22)12-16/h2-6,11-13H,7-10H2,1H3,(H2,23,24,27). The van der Waals surface area contributed by atoms with E-state index in [-0.39, 0.29) is 5.91 Å². The van der Waals surface area contributed by atoms with Gasteiger partial charge in [0.2, 0.25) is 0 Å². The highest BCUT2D eigenvalue weighted by atomic mass is 35.5. The first-order valence-corrected chi connectivity index (χ1v) is 9.60. The topological polar surface area (TPSA) is 61.4 Å². The molecule has 1 fully saturated rings. The summed E-state index contributed by atoms with van der Waals surface area (Å²) in [5.41, 5.74) is 1.64. The maximum absolute atomic E-state index is 12.7. The van der Waals surface area contributed by atoms with E-state index in [1.807, 2.05) is 4.90 Å². The van der Waals surface area contributed by atoms with Crippen LogP contribution in [0.25, 0.3) is 0 Å². The van der Waals surface area contributed by atoms with Crippen LogP contribution in [-0.4, -0.2) is 29.9 Å². The number of benzene rings is 2. The minimum Gasteiger partial charge on any atom is -0.339 e. The van der Waals surface area contributed by atoms with Crippen LogP contribution in [-0.2, 0) is 0 Å². The van der Waals surface area contributed by atoms with Crippen LogP contribution in [0.1, 0.15) is 30.1 Å². The Morgan fingerprint density at radius 1 is 0.963 bits per heavy atom. The summed E-state index contributed by atoms with van der Waals surface area (Å²) in [6.45, 7) is 3.75. The molecule has 2 aromatic rings. The van der Waals surface area contributed by atoms with Gasteiger partial charge in [0.25, 0.3) is 5.91 Å². The van der Waals surface area contributed by atoms with Crippen LogP contribution in [0, 0.1) is 5.92 Å². The fourth-order valence-electron chi connectivity index (χ4n) is 2.99. The lowest BCUT2D eigenvalue weighted by Gasteiger charge is -2.30. The highest BCUT2D eigenvalue weighted by Crippen LogP contribution is 2.25. The number of nitrogens with one attached hydrogen (secondary N) is 2. The van der Waals surface area contributed by atoms with Crippen LogP contribution in [0.3, 0.4) is 0 Å². The van der Waals surface area contributed by atoms with Crippen LogP contribution in [0.4, 0.5) is 16.2 Å². The van der Waals surface area contributed by atoms with Crippen LogP contribution >= 0.6 is 23.2 Å². The molecule has 1 saturated heterocycles. The monoisotopic (exact) mass is 405 g/mol. The van der Waals surface area contributed by atoms with Crippen LogP contribution in [0.5, 0.6) is 0 Å². The molecule has 7 heteroatoms. The lowest BCUT2D eigenvalue weighted by Crippen LogP contribution is -2.37. The highest BCUT2D eigenvalue weighted by Gasteiger charge is 2.21. The first-order valence-electron chi connectivity index (χ1n) is 8.85. The van der Waals surface area contributed by atoms with Gasteiger partial charge in [-0.1, -0.05) is 36.2 Å². The Balaban J connectivity index is 1.63. The zero-order valence-corrected chi connectivity index (χ0v) is 16.5. The third-order valence-corrected chi connectivity index (χ3v) is 5.35. The number of rotatable bonds is 3. The molecule has 0 saturated carbocycles. The fourth-order valence-corrected chi connectivity index (χ4v) is 3.29. The van der Waals surface area contributed by atoms with Gasteiger partial charge in [-0.15, -0.1) is 0 Å². The van der Waals surface area contributed by atoms with Gasteiger partial charge >= 0.3 is 6.03 Å². The summed E-state index contributed by atoms with van der Waals surface area (Å²) in [6.07, 6.45) is 2.05. The van der Waals surface area contributed by atoms with E-state index in [2.05, 4.69) is 17.6 Å². The van der Waals surface area contributed by atoms with Crippen molar-refractivity contribution in [1.82, 2.24) is 4.90 Å². The molecule has 27 heavy (non-hydrogen) atoms. The molecular weight excluding hydrogens is 385 g/mol. The van der Waals surface area contributed by atoms with Crippen molar-refractivity contribution in [1.29, 1.82) is 0 Å². The molecule has 0 unspecified atom stereocenters. The van der Waals surface area contributed by atoms with Crippen molar-refractivity contribution in [2.24, 2.45) is 5.92 Å². The second-order valence-electron chi connectivity index (χ2n) is 6.76. The Morgan fingerprint density at radius 3 is 2.30 bits per heavy atom. The molecule has 0 aromatic heterocycles. The van der Waals surface area contributed by atoms with Crippen molar-refractivity contribution in [3.63, 3.8) is 0 Å². The number of hydrogen-bond donors (Lipinski definition) is 2. The fraction of sp³-hybridized carbons (Fsp3) is 0.300. The van der Waals surface area contributed by atoms with Gasteiger partial charge in [0.15, 0.2) is 0 Å². The van der Waals surface area contributed by atoms with E-state index in [1.165, 1.54) is 0 Å².